The summed E-state index contributed by atoms with van der Waals surface area (Å²) in [5.41, 5.74) is 1.30. The zero-order chi connectivity index (χ0) is 17.6. The molecule has 1 atom stereocenters. The summed E-state index contributed by atoms with van der Waals surface area (Å²) in [6, 6.07) is 10.4. The molecule has 25 heavy (non-hydrogen) atoms. The molecule has 1 aromatic carbocycles. The molecule has 6 nitrogen and oxygen atoms in total. The molecule has 0 radical (unpaired) electrons. The Bertz CT molecular complexity index is 585. The average molecular weight is 345 g/mol. The number of piperazine rings is 1. The zero-order valence-electron chi connectivity index (χ0n) is 14.6. The Labute approximate surface area is 149 Å². The number of carbonyl (C=O) groups excluding carboxylic acids is 1. The van der Waals surface area contributed by atoms with Crippen LogP contribution in [0.4, 0.5) is 0 Å². The van der Waals surface area contributed by atoms with Gasteiger partial charge in [0, 0.05) is 39.3 Å². The molecule has 2 heterocycles. The molecule has 1 N–H and O–H groups in total. The number of rotatable bonds is 5. The largest absolute Gasteiger partial charge is 0.481 e. The number of amides is 1. The number of nitrogens with zero attached hydrogens (tertiary/aromatic N) is 3. The topological polar surface area (TPSA) is 64.1 Å². The summed E-state index contributed by atoms with van der Waals surface area (Å²) in [6.45, 7) is 5.87. The van der Waals surface area contributed by atoms with E-state index in [2.05, 4.69) is 29.2 Å². The van der Waals surface area contributed by atoms with Crippen molar-refractivity contribution in [1.82, 2.24) is 14.7 Å². The van der Waals surface area contributed by atoms with Crippen LogP contribution in [0, 0.1) is 5.92 Å². The third kappa shape index (κ3) is 5.03. The fourth-order valence-corrected chi connectivity index (χ4v) is 3.69. The summed E-state index contributed by atoms with van der Waals surface area (Å²) < 4.78 is 0. The lowest BCUT2D eigenvalue weighted by molar-refractivity contribution is -0.145. The molecule has 3 rings (SSSR count). The fraction of sp³-hybridized carbons (Fsp3) is 0.579. The van der Waals surface area contributed by atoms with E-state index < -0.39 is 5.97 Å². The van der Waals surface area contributed by atoms with Crippen LogP contribution >= 0.6 is 0 Å². The van der Waals surface area contributed by atoms with Gasteiger partial charge in [0.25, 0.3) is 0 Å². The van der Waals surface area contributed by atoms with E-state index in [1.165, 1.54) is 5.56 Å². The van der Waals surface area contributed by atoms with Crippen molar-refractivity contribution in [3.05, 3.63) is 35.9 Å². The maximum atomic E-state index is 12.5. The Kier molecular flexibility index (Phi) is 6.04. The van der Waals surface area contributed by atoms with Gasteiger partial charge in [0.2, 0.25) is 5.91 Å². The van der Waals surface area contributed by atoms with Crippen molar-refractivity contribution in [2.45, 2.75) is 19.4 Å². The van der Waals surface area contributed by atoms with Gasteiger partial charge in [0.1, 0.15) is 0 Å². The fourth-order valence-electron chi connectivity index (χ4n) is 3.69. The van der Waals surface area contributed by atoms with Gasteiger partial charge in [-0.3, -0.25) is 19.4 Å². The first-order valence-corrected chi connectivity index (χ1v) is 9.11. The van der Waals surface area contributed by atoms with Crippen LogP contribution in [0.2, 0.25) is 0 Å². The van der Waals surface area contributed by atoms with Crippen LogP contribution in [0.15, 0.2) is 30.3 Å². The summed E-state index contributed by atoms with van der Waals surface area (Å²) >= 11 is 0. The molecule has 2 aliphatic heterocycles. The number of hydrogen-bond acceptors (Lipinski definition) is 4. The maximum Gasteiger partial charge on any atom is 0.307 e. The van der Waals surface area contributed by atoms with Crippen molar-refractivity contribution < 1.29 is 14.7 Å². The summed E-state index contributed by atoms with van der Waals surface area (Å²) in [6.07, 6.45) is 1.58. The van der Waals surface area contributed by atoms with E-state index in [0.717, 1.165) is 52.1 Å². The maximum absolute atomic E-state index is 12.5. The van der Waals surface area contributed by atoms with Crippen molar-refractivity contribution >= 4 is 11.9 Å². The molecule has 0 spiro atoms. The molecule has 6 heteroatoms. The molecule has 2 saturated heterocycles. The molecule has 2 aliphatic rings. The van der Waals surface area contributed by atoms with E-state index >= 15 is 0 Å². The van der Waals surface area contributed by atoms with Gasteiger partial charge in [-0.2, -0.15) is 0 Å². The van der Waals surface area contributed by atoms with E-state index in [1.807, 2.05) is 15.9 Å². The van der Waals surface area contributed by atoms with Gasteiger partial charge in [-0.15, -0.1) is 0 Å². The van der Waals surface area contributed by atoms with Crippen molar-refractivity contribution in [2.24, 2.45) is 5.92 Å². The molecule has 1 aromatic rings. The second kappa shape index (κ2) is 8.45. The third-order valence-corrected chi connectivity index (χ3v) is 5.19. The Hall–Kier alpha value is -1.92. The Morgan fingerprint density at radius 1 is 1.00 bits per heavy atom. The lowest BCUT2D eigenvalue weighted by Gasteiger charge is -2.37. The van der Waals surface area contributed by atoms with Crippen LogP contribution in [0.5, 0.6) is 0 Å². The Balaban J connectivity index is 1.43. The summed E-state index contributed by atoms with van der Waals surface area (Å²) in [4.78, 5) is 30.0. The smallest absolute Gasteiger partial charge is 0.307 e. The first kappa shape index (κ1) is 17.9. The quantitative estimate of drug-likeness (QED) is 0.867. The zero-order valence-corrected chi connectivity index (χ0v) is 14.6. The Morgan fingerprint density at radius 2 is 1.72 bits per heavy atom. The number of likely N-dealkylation sites (tertiary alicyclic amines) is 1. The highest BCUT2D eigenvalue weighted by atomic mass is 16.4. The van der Waals surface area contributed by atoms with Crippen molar-refractivity contribution in [3.8, 4) is 0 Å². The highest BCUT2D eigenvalue weighted by molar-refractivity contribution is 5.78. The van der Waals surface area contributed by atoms with Crippen LogP contribution in [0.25, 0.3) is 0 Å². The van der Waals surface area contributed by atoms with E-state index in [4.69, 9.17) is 5.11 Å². The minimum absolute atomic E-state index is 0.130. The number of piperidine rings is 1. The number of carbonyl (C=O) groups is 2. The van der Waals surface area contributed by atoms with Gasteiger partial charge in [0.15, 0.2) is 0 Å². The molecule has 1 unspecified atom stereocenters. The van der Waals surface area contributed by atoms with Gasteiger partial charge in [-0.1, -0.05) is 30.3 Å². The molecule has 1 amide bonds. The van der Waals surface area contributed by atoms with E-state index in [1.54, 1.807) is 0 Å². The minimum atomic E-state index is -0.744. The molecule has 0 aliphatic carbocycles. The molecule has 0 saturated carbocycles. The summed E-state index contributed by atoms with van der Waals surface area (Å²) in [5.74, 6) is -0.943. The molecule has 0 aromatic heterocycles. The second-order valence-electron chi connectivity index (χ2n) is 7.06. The summed E-state index contributed by atoms with van der Waals surface area (Å²) in [7, 11) is 0. The number of benzene rings is 1. The van der Waals surface area contributed by atoms with Crippen LogP contribution in [0.3, 0.4) is 0 Å². The standard InChI is InChI=1S/C19H27N3O3/c23-18(15-21-8-4-7-17(14-21)19(24)25)22-11-9-20(10-12-22)13-16-5-2-1-3-6-16/h1-3,5-6,17H,4,7-15H2,(H,24,25). The first-order valence-electron chi connectivity index (χ1n) is 9.11. The predicted octanol–water partition coefficient (Wildman–Crippen LogP) is 1.13. The van der Waals surface area contributed by atoms with Crippen molar-refractivity contribution in [2.75, 3.05) is 45.8 Å². The normalized spacial score (nSPS) is 22.7. The van der Waals surface area contributed by atoms with Crippen LogP contribution in [-0.4, -0.2) is 77.5 Å². The van der Waals surface area contributed by atoms with E-state index in [9.17, 15) is 9.59 Å². The number of carboxylic acid groups (broad SMARTS) is 1. The average Bonchev–Trinajstić information content (AvgIpc) is 2.63. The lowest BCUT2D eigenvalue weighted by atomic mass is 9.98. The second-order valence-corrected chi connectivity index (χ2v) is 7.06. The van der Waals surface area contributed by atoms with Gasteiger partial charge in [-0.25, -0.2) is 0 Å². The molecule has 0 bridgehead atoms. The van der Waals surface area contributed by atoms with Crippen molar-refractivity contribution in [1.29, 1.82) is 0 Å². The van der Waals surface area contributed by atoms with Crippen molar-refractivity contribution in [3.63, 3.8) is 0 Å². The van der Waals surface area contributed by atoms with Gasteiger partial charge in [-0.05, 0) is 24.9 Å². The van der Waals surface area contributed by atoms with E-state index in [0.29, 0.717) is 13.1 Å². The molecular formula is C19H27N3O3. The predicted molar refractivity (Wildman–Crippen MR) is 95.1 cm³/mol. The number of carboxylic acids is 1. The highest BCUT2D eigenvalue weighted by Crippen LogP contribution is 2.17. The lowest BCUT2D eigenvalue weighted by Crippen LogP contribution is -2.52. The number of hydrogen-bond donors (Lipinski definition) is 1. The highest BCUT2D eigenvalue weighted by Gasteiger charge is 2.28. The molecule has 136 valence electrons. The molecular weight excluding hydrogens is 318 g/mol. The van der Waals surface area contributed by atoms with Gasteiger partial charge in [0.05, 0.1) is 12.5 Å². The van der Waals surface area contributed by atoms with E-state index in [-0.39, 0.29) is 11.8 Å². The van der Waals surface area contributed by atoms with Gasteiger partial charge >= 0.3 is 5.97 Å². The number of aliphatic carboxylic acids is 1. The first-order chi connectivity index (χ1) is 12.1. The Morgan fingerprint density at radius 3 is 2.40 bits per heavy atom. The SMILES string of the molecule is O=C(O)C1CCCN(CC(=O)N2CCN(Cc3ccccc3)CC2)C1. The summed E-state index contributed by atoms with van der Waals surface area (Å²) in [5, 5.41) is 9.16. The van der Waals surface area contributed by atoms with Gasteiger partial charge < -0.3 is 10.0 Å². The third-order valence-electron chi connectivity index (χ3n) is 5.19. The van der Waals surface area contributed by atoms with Crippen LogP contribution in [0.1, 0.15) is 18.4 Å². The monoisotopic (exact) mass is 345 g/mol. The van der Waals surface area contributed by atoms with Crippen LogP contribution < -0.4 is 0 Å². The minimum Gasteiger partial charge on any atom is -0.481 e. The molecule has 2 fully saturated rings. The van der Waals surface area contributed by atoms with Crippen LogP contribution in [-0.2, 0) is 16.1 Å².